The quantitative estimate of drug-likeness (QED) is 0.778. The molecule has 1 amide bonds. The average molecular weight is 267 g/mol. The lowest BCUT2D eigenvalue weighted by Crippen LogP contribution is -2.37. The molecule has 18 heavy (non-hydrogen) atoms. The van der Waals surface area contributed by atoms with Crippen molar-refractivity contribution in [3.8, 4) is 5.75 Å². The topological polar surface area (TPSA) is 49.3 Å². The highest BCUT2D eigenvalue weighted by Crippen LogP contribution is 2.26. The van der Waals surface area contributed by atoms with Gasteiger partial charge in [-0.25, -0.2) is 0 Å². The molecule has 0 spiro atoms. The second kappa shape index (κ2) is 7.31. The summed E-state index contributed by atoms with van der Waals surface area (Å²) in [5, 5.41) is 12.2. The van der Waals surface area contributed by atoms with Crippen molar-refractivity contribution in [1.82, 2.24) is 5.32 Å². The molecule has 4 heteroatoms. The summed E-state index contributed by atoms with van der Waals surface area (Å²) in [6.45, 7) is 6.00. The van der Waals surface area contributed by atoms with Gasteiger partial charge in [0.15, 0.2) is 0 Å². The Hall–Kier alpha value is -1.16. The number of carbonyl (C=O) groups is 1. The number of aromatic hydroxyl groups is 1. The molecule has 0 bridgehead atoms. The lowest BCUT2D eigenvalue weighted by atomic mass is 10.2. The van der Waals surface area contributed by atoms with Gasteiger partial charge in [0.1, 0.15) is 5.75 Å². The summed E-state index contributed by atoms with van der Waals surface area (Å²) >= 11 is 1.45. The normalized spacial score (nSPS) is 13.9. The molecule has 0 saturated heterocycles. The highest BCUT2D eigenvalue weighted by molar-refractivity contribution is 8.00. The van der Waals surface area contributed by atoms with Crippen LogP contribution in [0.3, 0.4) is 0 Å². The third-order valence-corrected chi connectivity index (χ3v) is 3.70. The Morgan fingerprint density at radius 2 is 2.17 bits per heavy atom. The molecule has 0 aliphatic heterocycles. The zero-order chi connectivity index (χ0) is 13.5. The van der Waals surface area contributed by atoms with Crippen LogP contribution in [0, 0.1) is 0 Å². The van der Waals surface area contributed by atoms with Crippen molar-refractivity contribution in [2.24, 2.45) is 0 Å². The number of thioether (sulfide) groups is 1. The van der Waals surface area contributed by atoms with Crippen LogP contribution in [-0.2, 0) is 4.79 Å². The molecular formula is C14H21NO2S. The number of amides is 1. The lowest BCUT2D eigenvalue weighted by molar-refractivity contribution is -0.120. The molecule has 2 atom stereocenters. The molecule has 3 nitrogen and oxygen atoms in total. The SMILES string of the molecule is CCCC(C)NC(=O)C(C)Sc1cccc(O)c1. The molecule has 2 N–H and O–H groups in total. The third kappa shape index (κ3) is 5.00. The number of nitrogens with one attached hydrogen (secondary N) is 1. The molecular weight excluding hydrogens is 246 g/mol. The minimum Gasteiger partial charge on any atom is -0.508 e. The molecule has 0 aliphatic carbocycles. The molecule has 2 unspecified atom stereocenters. The zero-order valence-corrected chi connectivity index (χ0v) is 12.0. The molecule has 0 heterocycles. The van der Waals surface area contributed by atoms with Crippen LogP contribution in [0.4, 0.5) is 0 Å². The Balaban J connectivity index is 2.49. The van der Waals surface area contributed by atoms with Gasteiger partial charge in [0.2, 0.25) is 5.91 Å². The number of carbonyl (C=O) groups excluding carboxylic acids is 1. The number of phenols is 1. The Labute approximate surface area is 113 Å². The van der Waals surface area contributed by atoms with Gasteiger partial charge < -0.3 is 10.4 Å². The van der Waals surface area contributed by atoms with Crippen LogP contribution in [0.2, 0.25) is 0 Å². The molecule has 1 aromatic carbocycles. The van der Waals surface area contributed by atoms with Crippen molar-refractivity contribution < 1.29 is 9.90 Å². The van der Waals surface area contributed by atoms with Gasteiger partial charge in [0, 0.05) is 10.9 Å². The molecule has 0 saturated carbocycles. The summed E-state index contributed by atoms with van der Waals surface area (Å²) < 4.78 is 0. The second-order valence-corrected chi connectivity index (χ2v) is 5.87. The second-order valence-electron chi connectivity index (χ2n) is 4.46. The van der Waals surface area contributed by atoms with E-state index in [0.29, 0.717) is 0 Å². The molecule has 1 aromatic rings. The van der Waals surface area contributed by atoms with Gasteiger partial charge in [-0.3, -0.25) is 4.79 Å². The zero-order valence-electron chi connectivity index (χ0n) is 11.1. The van der Waals surface area contributed by atoms with Crippen LogP contribution in [0.25, 0.3) is 0 Å². The summed E-state index contributed by atoms with van der Waals surface area (Å²) in [6, 6.07) is 7.18. The van der Waals surface area contributed by atoms with E-state index in [9.17, 15) is 9.90 Å². The van der Waals surface area contributed by atoms with Crippen LogP contribution in [0.5, 0.6) is 5.75 Å². The first kappa shape index (κ1) is 14.9. The van der Waals surface area contributed by atoms with E-state index in [1.807, 2.05) is 19.9 Å². The highest BCUT2D eigenvalue weighted by Gasteiger charge is 2.16. The van der Waals surface area contributed by atoms with Gasteiger partial charge >= 0.3 is 0 Å². The number of phenolic OH excluding ortho intramolecular Hbond substituents is 1. The number of benzene rings is 1. The summed E-state index contributed by atoms with van der Waals surface area (Å²) in [6.07, 6.45) is 2.06. The fraction of sp³-hybridized carbons (Fsp3) is 0.500. The summed E-state index contributed by atoms with van der Waals surface area (Å²) in [7, 11) is 0. The van der Waals surface area contributed by atoms with Crippen molar-refractivity contribution >= 4 is 17.7 Å². The van der Waals surface area contributed by atoms with Crippen molar-refractivity contribution in [2.75, 3.05) is 0 Å². The predicted molar refractivity (Wildman–Crippen MR) is 75.9 cm³/mol. The van der Waals surface area contributed by atoms with Crippen LogP contribution in [0.15, 0.2) is 29.2 Å². The van der Waals surface area contributed by atoms with E-state index >= 15 is 0 Å². The van der Waals surface area contributed by atoms with Crippen molar-refractivity contribution in [1.29, 1.82) is 0 Å². The lowest BCUT2D eigenvalue weighted by Gasteiger charge is -2.16. The maximum atomic E-state index is 11.9. The van der Waals surface area contributed by atoms with Crippen molar-refractivity contribution in [3.63, 3.8) is 0 Å². The van der Waals surface area contributed by atoms with E-state index in [1.54, 1.807) is 18.2 Å². The van der Waals surface area contributed by atoms with Gasteiger partial charge in [-0.2, -0.15) is 0 Å². The Bertz CT molecular complexity index is 395. The van der Waals surface area contributed by atoms with E-state index in [1.165, 1.54) is 11.8 Å². The Morgan fingerprint density at radius 3 is 2.78 bits per heavy atom. The van der Waals surface area contributed by atoms with Gasteiger partial charge in [0.25, 0.3) is 0 Å². The standard InChI is InChI=1S/C14H21NO2S/c1-4-6-10(2)15-14(17)11(3)18-13-8-5-7-12(16)9-13/h5,7-11,16H,4,6H2,1-3H3,(H,15,17). The molecule has 0 aliphatic rings. The van der Waals surface area contributed by atoms with Crippen LogP contribution < -0.4 is 5.32 Å². The smallest absolute Gasteiger partial charge is 0.233 e. The van der Waals surface area contributed by atoms with E-state index < -0.39 is 0 Å². The first-order valence-corrected chi connectivity index (χ1v) is 7.17. The maximum absolute atomic E-state index is 11.9. The maximum Gasteiger partial charge on any atom is 0.233 e. The summed E-state index contributed by atoms with van der Waals surface area (Å²) in [5.74, 6) is 0.274. The highest BCUT2D eigenvalue weighted by atomic mass is 32.2. The number of hydrogen-bond acceptors (Lipinski definition) is 3. The Morgan fingerprint density at radius 1 is 1.44 bits per heavy atom. The molecule has 0 aromatic heterocycles. The monoisotopic (exact) mass is 267 g/mol. The molecule has 1 rings (SSSR count). The van der Waals surface area contributed by atoms with Crippen LogP contribution in [-0.4, -0.2) is 22.3 Å². The van der Waals surface area contributed by atoms with Crippen LogP contribution >= 0.6 is 11.8 Å². The average Bonchev–Trinajstić information content (AvgIpc) is 2.29. The van der Waals surface area contributed by atoms with Gasteiger partial charge in [-0.15, -0.1) is 11.8 Å². The predicted octanol–water partition coefficient (Wildman–Crippen LogP) is 3.18. The van der Waals surface area contributed by atoms with Crippen molar-refractivity contribution in [2.45, 2.75) is 49.8 Å². The van der Waals surface area contributed by atoms with Gasteiger partial charge in [-0.1, -0.05) is 19.4 Å². The van der Waals surface area contributed by atoms with E-state index in [0.717, 1.165) is 17.7 Å². The fourth-order valence-electron chi connectivity index (χ4n) is 1.68. The fourth-order valence-corrected chi connectivity index (χ4v) is 2.61. The van der Waals surface area contributed by atoms with Gasteiger partial charge in [-0.05, 0) is 38.5 Å². The number of hydrogen-bond donors (Lipinski definition) is 2. The van der Waals surface area contributed by atoms with Crippen molar-refractivity contribution in [3.05, 3.63) is 24.3 Å². The summed E-state index contributed by atoms with van der Waals surface area (Å²) in [4.78, 5) is 12.8. The minimum atomic E-state index is -0.161. The van der Waals surface area contributed by atoms with E-state index in [2.05, 4.69) is 12.2 Å². The Kier molecular flexibility index (Phi) is 6.05. The number of rotatable bonds is 6. The third-order valence-electron chi connectivity index (χ3n) is 2.61. The van der Waals surface area contributed by atoms with Crippen LogP contribution in [0.1, 0.15) is 33.6 Å². The molecule has 0 fully saturated rings. The summed E-state index contributed by atoms with van der Waals surface area (Å²) in [5.41, 5.74) is 0. The largest absolute Gasteiger partial charge is 0.508 e. The first-order chi connectivity index (χ1) is 8.52. The van der Waals surface area contributed by atoms with Gasteiger partial charge in [0.05, 0.1) is 5.25 Å². The molecule has 100 valence electrons. The van der Waals surface area contributed by atoms with E-state index in [-0.39, 0.29) is 22.9 Å². The molecule has 0 radical (unpaired) electrons. The minimum absolute atomic E-state index is 0.0456. The first-order valence-electron chi connectivity index (χ1n) is 6.29. The van der Waals surface area contributed by atoms with E-state index in [4.69, 9.17) is 0 Å².